The van der Waals surface area contributed by atoms with Gasteiger partial charge in [-0.05, 0) is 43.5 Å². The number of imidazole rings is 1. The molecule has 1 amide bonds. The van der Waals surface area contributed by atoms with Crippen LogP contribution in [-0.2, 0) is 9.53 Å². The van der Waals surface area contributed by atoms with E-state index in [2.05, 4.69) is 15.3 Å². The van der Waals surface area contributed by atoms with Crippen molar-refractivity contribution in [2.24, 2.45) is 0 Å². The zero-order valence-electron chi connectivity index (χ0n) is 14.1. The largest absolute Gasteiger partial charge is 0.378 e. The highest BCUT2D eigenvalue weighted by Gasteiger charge is 2.39. The Morgan fingerprint density at radius 1 is 1.32 bits per heavy atom. The first-order valence-electron chi connectivity index (χ1n) is 8.43. The maximum Gasteiger partial charge on any atom is 0.228 e. The second kappa shape index (κ2) is 6.29. The molecule has 1 N–H and O–H groups in total. The van der Waals surface area contributed by atoms with Crippen molar-refractivity contribution < 1.29 is 9.53 Å². The van der Waals surface area contributed by atoms with E-state index in [4.69, 9.17) is 4.74 Å². The fourth-order valence-corrected chi connectivity index (χ4v) is 3.31. The van der Waals surface area contributed by atoms with Crippen molar-refractivity contribution in [1.82, 2.24) is 14.4 Å². The lowest BCUT2D eigenvalue weighted by Crippen LogP contribution is -2.42. The van der Waals surface area contributed by atoms with E-state index in [0.29, 0.717) is 17.9 Å². The van der Waals surface area contributed by atoms with Crippen molar-refractivity contribution in [1.29, 1.82) is 0 Å². The predicted molar refractivity (Wildman–Crippen MR) is 95.3 cm³/mol. The number of rotatable bonds is 5. The number of hydrogen-bond donors (Lipinski definition) is 1. The van der Waals surface area contributed by atoms with Gasteiger partial charge in [0.15, 0.2) is 0 Å². The zero-order valence-corrected chi connectivity index (χ0v) is 14.1. The predicted octanol–water partition coefficient (Wildman–Crippen LogP) is 3.29. The van der Waals surface area contributed by atoms with Gasteiger partial charge in [-0.25, -0.2) is 4.98 Å². The number of fused-ring (bicyclic) bond motifs is 1. The van der Waals surface area contributed by atoms with Crippen LogP contribution in [0.25, 0.3) is 16.9 Å². The molecule has 1 saturated carbocycles. The highest BCUT2D eigenvalue weighted by atomic mass is 16.5. The molecule has 3 heterocycles. The van der Waals surface area contributed by atoms with Gasteiger partial charge < -0.3 is 10.1 Å². The van der Waals surface area contributed by atoms with Gasteiger partial charge in [-0.1, -0.05) is 6.07 Å². The Morgan fingerprint density at radius 2 is 2.20 bits per heavy atom. The molecule has 25 heavy (non-hydrogen) atoms. The van der Waals surface area contributed by atoms with Gasteiger partial charge >= 0.3 is 0 Å². The SMILES string of the molecule is COC1(CC(=O)Nc2c(-c3cccnc3)nc3ccccn23)CCC1. The minimum absolute atomic E-state index is 0.0580. The van der Waals surface area contributed by atoms with Gasteiger partial charge in [-0.3, -0.25) is 14.2 Å². The molecule has 4 rings (SSSR count). The average Bonchev–Trinajstić information content (AvgIpc) is 2.97. The molecule has 0 spiro atoms. The fraction of sp³-hybridized carbons (Fsp3) is 0.316. The number of aromatic nitrogens is 3. The maximum atomic E-state index is 12.7. The average molecular weight is 336 g/mol. The normalized spacial score (nSPS) is 15.7. The molecule has 1 aliphatic rings. The van der Waals surface area contributed by atoms with Crippen molar-refractivity contribution in [3.63, 3.8) is 0 Å². The molecule has 3 aromatic heterocycles. The lowest BCUT2D eigenvalue weighted by atomic mass is 9.77. The number of carbonyl (C=O) groups excluding carboxylic acids is 1. The van der Waals surface area contributed by atoms with Crippen LogP contribution in [-0.4, -0.2) is 33.0 Å². The van der Waals surface area contributed by atoms with Crippen LogP contribution in [0.3, 0.4) is 0 Å². The number of carbonyl (C=O) groups is 1. The smallest absolute Gasteiger partial charge is 0.228 e. The van der Waals surface area contributed by atoms with Gasteiger partial charge in [-0.15, -0.1) is 0 Å². The summed E-state index contributed by atoms with van der Waals surface area (Å²) in [5, 5.41) is 3.04. The van der Waals surface area contributed by atoms with Gasteiger partial charge in [0.05, 0.1) is 12.0 Å². The molecule has 128 valence electrons. The first-order chi connectivity index (χ1) is 12.2. The van der Waals surface area contributed by atoms with E-state index in [9.17, 15) is 4.79 Å². The molecule has 0 atom stereocenters. The number of pyridine rings is 2. The summed E-state index contributed by atoms with van der Waals surface area (Å²) >= 11 is 0. The second-order valence-electron chi connectivity index (χ2n) is 6.45. The van der Waals surface area contributed by atoms with E-state index in [0.717, 1.165) is 30.5 Å². The van der Waals surface area contributed by atoms with Crippen LogP contribution in [0, 0.1) is 0 Å². The van der Waals surface area contributed by atoms with E-state index in [1.54, 1.807) is 19.5 Å². The van der Waals surface area contributed by atoms with Crippen molar-refractivity contribution >= 4 is 17.4 Å². The minimum Gasteiger partial charge on any atom is -0.378 e. The summed E-state index contributed by atoms with van der Waals surface area (Å²) in [6.07, 6.45) is 8.69. The molecule has 1 aliphatic carbocycles. The van der Waals surface area contributed by atoms with Crippen LogP contribution in [0.2, 0.25) is 0 Å². The monoisotopic (exact) mass is 336 g/mol. The zero-order chi connectivity index (χ0) is 17.3. The van der Waals surface area contributed by atoms with Crippen LogP contribution < -0.4 is 5.32 Å². The summed E-state index contributed by atoms with van der Waals surface area (Å²) in [5.41, 5.74) is 2.06. The van der Waals surface area contributed by atoms with Crippen LogP contribution in [0.15, 0.2) is 48.9 Å². The fourth-order valence-electron chi connectivity index (χ4n) is 3.31. The Labute approximate surface area is 145 Å². The van der Waals surface area contributed by atoms with Crippen LogP contribution in [0.1, 0.15) is 25.7 Å². The lowest BCUT2D eigenvalue weighted by molar-refractivity contribution is -0.129. The molecular formula is C19H20N4O2. The van der Waals surface area contributed by atoms with Gasteiger partial charge in [0.25, 0.3) is 0 Å². The van der Waals surface area contributed by atoms with Crippen LogP contribution >= 0.6 is 0 Å². The number of nitrogens with zero attached hydrogens (tertiary/aromatic N) is 3. The molecule has 0 saturated heterocycles. The quantitative estimate of drug-likeness (QED) is 0.776. The summed E-state index contributed by atoms with van der Waals surface area (Å²) in [5.74, 6) is 0.608. The first kappa shape index (κ1) is 15.8. The van der Waals surface area contributed by atoms with Crippen molar-refractivity contribution in [3.05, 3.63) is 48.9 Å². The van der Waals surface area contributed by atoms with Crippen molar-refractivity contribution in [2.75, 3.05) is 12.4 Å². The third kappa shape index (κ3) is 2.89. The number of nitrogens with one attached hydrogen (secondary N) is 1. The van der Waals surface area contributed by atoms with E-state index >= 15 is 0 Å². The third-order valence-corrected chi connectivity index (χ3v) is 4.90. The molecule has 6 heteroatoms. The molecule has 0 bridgehead atoms. The van der Waals surface area contributed by atoms with E-state index in [1.165, 1.54) is 0 Å². The summed E-state index contributed by atoms with van der Waals surface area (Å²) < 4.78 is 7.46. The number of methoxy groups -OCH3 is 1. The Kier molecular flexibility index (Phi) is 3.97. The first-order valence-corrected chi connectivity index (χ1v) is 8.43. The van der Waals surface area contributed by atoms with Crippen LogP contribution in [0.4, 0.5) is 5.82 Å². The Bertz CT molecular complexity index is 895. The maximum absolute atomic E-state index is 12.7. The second-order valence-corrected chi connectivity index (χ2v) is 6.45. The number of hydrogen-bond acceptors (Lipinski definition) is 4. The van der Waals surface area contributed by atoms with Gasteiger partial charge in [0, 0.05) is 31.3 Å². The summed E-state index contributed by atoms with van der Waals surface area (Å²) in [6, 6.07) is 9.56. The van der Waals surface area contributed by atoms with E-state index in [1.807, 2.05) is 40.9 Å². The summed E-state index contributed by atoms with van der Waals surface area (Å²) in [7, 11) is 1.68. The number of anilines is 1. The standard InChI is InChI=1S/C19H20N4O2/c1-25-19(8-5-9-19)12-16(24)22-18-17(14-6-4-10-20-13-14)21-15-7-2-3-11-23(15)18/h2-4,6-7,10-11,13H,5,8-9,12H2,1H3,(H,22,24). The topological polar surface area (TPSA) is 68.5 Å². The summed E-state index contributed by atoms with van der Waals surface area (Å²) in [6.45, 7) is 0. The number of ether oxygens (including phenoxy) is 1. The molecule has 1 fully saturated rings. The number of amides is 1. The lowest BCUT2D eigenvalue weighted by Gasteiger charge is -2.39. The van der Waals surface area contributed by atoms with Crippen molar-refractivity contribution in [2.45, 2.75) is 31.3 Å². The minimum atomic E-state index is -0.307. The van der Waals surface area contributed by atoms with Crippen LogP contribution in [0.5, 0.6) is 0 Å². The molecule has 0 aromatic carbocycles. The van der Waals surface area contributed by atoms with E-state index < -0.39 is 0 Å². The van der Waals surface area contributed by atoms with E-state index in [-0.39, 0.29) is 11.5 Å². The third-order valence-electron chi connectivity index (χ3n) is 4.90. The van der Waals surface area contributed by atoms with Crippen molar-refractivity contribution in [3.8, 4) is 11.3 Å². The Balaban J connectivity index is 1.69. The summed E-state index contributed by atoms with van der Waals surface area (Å²) in [4.78, 5) is 21.5. The highest BCUT2D eigenvalue weighted by molar-refractivity contribution is 5.95. The molecular weight excluding hydrogens is 316 g/mol. The molecule has 3 aromatic rings. The molecule has 6 nitrogen and oxygen atoms in total. The van der Waals surface area contributed by atoms with Gasteiger partial charge in [0.2, 0.25) is 5.91 Å². The molecule has 0 aliphatic heterocycles. The Hall–Kier alpha value is -2.73. The highest BCUT2D eigenvalue weighted by Crippen LogP contribution is 2.38. The molecule has 0 unspecified atom stereocenters. The van der Waals surface area contributed by atoms with Gasteiger partial charge in [0.1, 0.15) is 17.2 Å². The molecule has 0 radical (unpaired) electrons. The van der Waals surface area contributed by atoms with Gasteiger partial charge in [-0.2, -0.15) is 0 Å². The Morgan fingerprint density at radius 3 is 2.88 bits per heavy atom.